The van der Waals surface area contributed by atoms with E-state index in [1.54, 1.807) is 0 Å². The molecule has 0 aliphatic heterocycles. The molecule has 0 spiro atoms. The lowest BCUT2D eigenvalue weighted by atomic mass is 9.89. The lowest BCUT2D eigenvalue weighted by molar-refractivity contribution is -0.0596. The van der Waals surface area contributed by atoms with Crippen molar-refractivity contribution < 1.29 is 20.4 Å². The molecule has 0 bridgehead atoms. The number of hydrogen-bond donors (Lipinski definition) is 5. The summed E-state index contributed by atoms with van der Waals surface area (Å²) < 4.78 is 0. The van der Waals surface area contributed by atoms with Crippen molar-refractivity contribution in [1.82, 2.24) is 0 Å². The standard InChI is InChI=1S/C7H13NO4/c8-4-1-3(2-9)5(10)7(12)6(4)11/h1,4-7,9-12H,2,8H2/t4-,5+,6+,7-/m0/s1. The summed E-state index contributed by atoms with van der Waals surface area (Å²) in [7, 11) is 0. The summed E-state index contributed by atoms with van der Waals surface area (Å²) in [5.74, 6) is 0. The highest BCUT2D eigenvalue weighted by atomic mass is 16.4. The Morgan fingerprint density at radius 2 is 1.83 bits per heavy atom. The Morgan fingerprint density at radius 3 is 2.33 bits per heavy atom. The molecule has 0 radical (unpaired) electrons. The largest absolute Gasteiger partial charge is 0.392 e. The van der Waals surface area contributed by atoms with Crippen LogP contribution in [0.15, 0.2) is 11.6 Å². The monoisotopic (exact) mass is 175 g/mol. The zero-order valence-electron chi connectivity index (χ0n) is 6.46. The van der Waals surface area contributed by atoms with Crippen LogP contribution in [0.4, 0.5) is 0 Å². The maximum Gasteiger partial charge on any atom is 0.111 e. The summed E-state index contributed by atoms with van der Waals surface area (Å²) in [6.45, 7) is -0.362. The van der Waals surface area contributed by atoms with Crippen LogP contribution in [-0.4, -0.2) is 51.4 Å². The van der Waals surface area contributed by atoms with Crippen molar-refractivity contribution in [2.75, 3.05) is 6.61 Å². The topological polar surface area (TPSA) is 107 Å². The first kappa shape index (κ1) is 9.63. The molecule has 0 aromatic heterocycles. The molecule has 0 aromatic carbocycles. The van der Waals surface area contributed by atoms with Gasteiger partial charge in [0.15, 0.2) is 0 Å². The molecule has 6 N–H and O–H groups in total. The van der Waals surface area contributed by atoms with Crippen LogP contribution in [0.3, 0.4) is 0 Å². The molecular formula is C7H13NO4. The molecule has 5 heteroatoms. The van der Waals surface area contributed by atoms with Gasteiger partial charge in [0.2, 0.25) is 0 Å². The third-order valence-electron chi connectivity index (χ3n) is 2.04. The lowest BCUT2D eigenvalue weighted by Crippen LogP contribution is -2.52. The van der Waals surface area contributed by atoms with Crippen molar-refractivity contribution in [2.24, 2.45) is 5.73 Å². The summed E-state index contributed by atoms with van der Waals surface area (Å²) in [4.78, 5) is 0. The Bertz CT molecular complexity index is 194. The van der Waals surface area contributed by atoms with Crippen LogP contribution in [-0.2, 0) is 0 Å². The fourth-order valence-corrected chi connectivity index (χ4v) is 1.22. The van der Waals surface area contributed by atoms with Gasteiger partial charge < -0.3 is 26.2 Å². The van der Waals surface area contributed by atoms with Crippen molar-refractivity contribution in [1.29, 1.82) is 0 Å². The predicted molar refractivity (Wildman–Crippen MR) is 41.2 cm³/mol. The first-order chi connectivity index (χ1) is 5.57. The maximum absolute atomic E-state index is 9.23. The maximum atomic E-state index is 9.23. The highest BCUT2D eigenvalue weighted by Crippen LogP contribution is 2.18. The van der Waals surface area contributed by atoms with E-state index in [1.165, 1.54) is 6.08 Å². The second-order valence-corrected chi connectivity index (χ2v) is 2.90. The van der Waals surface area contributed by atoms with E-state index < -0.39 is 24.4 Å². The smallest absolute Gasteiger partial charge is 0.111 e. The Hall–Kier alpha value is -0.460. The molecule has 1 aliphatic rings. The van der Waals surface area contributed by atoms with E-state index in [-0.39, 0.29) is 12.2 Å². The Labute approximate surface area is 69.8 Å². The lowest BCUT2D eigenvalue weighted by Gasteiger charge is -2.32. The molecule has 0 amide bonds. The third kappa shape index (κ3) is 1.50. The van der Waals surface area contributed by atoms with Gasteiger partial charge in [0.25, 0.3) is 0 Å². The van der Waals surface area contributed by atoms with E-state index >= 15 is 0 Å². The average Bonchev–Trinajstić information content (AvgIpc) is 2.08. The normalized spacial score (nSPS) is 42.6. The molecule has 5 nitrogen and oxygen atoms in total. The molecule has 1 aliphatic carbocycles. The molecule has 0 unspecified atom stereocenters. The van der Waals surface area contributed by atoms with Crippen LogP contribution in [0.1, 0.15) is 0 Å². The van der Waals surface area contributed by atoms with E-state index in [1.807, 2.05) is 0 Å². The number of rotatable bonds is 1. The second-order valence-electron chi connectivity index (χ2n) is 2.90. The molecule has 0 heterocycles. The fraction of sp³-hybridized carbons (Fsp3) is 0.714. The second kappa shape index (κ2) is 3.51. The fourth-order valence-electron chi connectivity index (χ4n) is 1.22. The van der Waals surface area contributed by atoms with Gasteiger partial charge >= 0.3 is 0 Å². The van der Waals surface area contributed by atoms with Crippen molar-refractivity contribution in [3.8, 4) is 0 Å². The zero-order chi connectivity index (χ0) is 9.30. The Kier molecular flexibility index (Phi) is 2.81. The van der Waals surface area contributed by atoms with Gasteiger partial charge in [-0.3, -0.25) is 0 Å². The highest BCUT2D eigenvalue weighted by Gasteiger charge is 2.34. The minimum Gasteiger partial charge on any atom is -0.392 e. The predicted octanol–water partition coefficient (Wildman–Crippen LogP) is -2.67. The molecule has 12 heavy (non-hydrogen) atoms. The first-order valence-electron chi connectivity index (χ1n) is 3.69. The molecule has 0 saturated heterocycles. The Morgan fingerprint density at radius 1 is 1.25 bits per heavy atom. The number of hydrogen-bond acceptors (Lipinski definition) is 5. The van der Waals surface area contributed by atoms with Crippen LogP contribution in [0, 0.1) is 0 Å². The number of aliphatic hydroxyl groups is 4. The van der Waals surface area contributed by atoms with Gasteiger partial charge in [0, 0.05) is 0 Å². The minimum absolute atomic E-state index is 0.250. The SMILES string of the molecule is N[C@H]1C=C(CO)[C@@H](O)[C@H](O)[C@@H]1O. The average molecular weight is 175 g/mol. The quantitative estimate of drug-likeness (QED) is 0.279. The van der Waals surface area contributed by atoms with Gasteiger partial charge in [0.05, 0.1) is 12.6 Å². The molecule has 0 saturated carbocycles. The van der Waals surface area contributed by atoms with Gasteiger partial charge in [-0.05, 0) is 5.57 Å². The van der Waals surface area contributed by atoms with E-state index in [0.717, 1.165) is 0 Å². The van der Waals surface area contributed by atoms with Crippen molar-refractivity contribution in [3.63, 3.8) is 0 Å². The number of aliphatic hydroxyl groups excluding tert-OH is 4. The first-order valence-corrected chi connectivity index (χ1v) is 3.69. The Balaban J connectivity index is 2.84. The summed E-state index contributed by atoms with van der Waals surface area (Å²) in [5, 5.41) is 36.3. The van der Waals surface area contributed by atoms with Gasteiger partial charge in [-0.2, -0.15) is 0 Å². The minimum atomic E-state index is -1.31. The number of nitrogens with two attached hydrogens (primary N) is 1. The van der Waals surface area contributed by atoms with Crippen LogP contribution >= 0.6 is 0 Å². The highest BCUT2D eigenvalue weighted by molar-refractivity contribution is 5.20. The van der Waals surface area contributed by atoms with E-state index in [2.05, 4.69) is 0 Å². The van der Waals surface area contributed by atoms with E-state index in [9.17, 15) is 10.2 Å². The summed E-state index contributed by atoms with van der Waals surface area (Å²) in [5.41, 5.74) is 5.64. The van der Waals surface area contributed by atoms with Crippen LogP contribution in [0.2, 0.25) is 0 Å². The van der Waals surface area contributed by atoms with Gasteiger partial charge in [-0.15, -0.1) is 0 Å². The van der Waals surface area contributed by atoms with E-state index in [4.69, 9.17) is 15.9 Å². The molecule has 0 aromatic rings. The van der Waals surface area contributed by atoms with E-state index in [0.29, 0.717) is 0 Å². The van der Waals surface area contributed by atoms with Gasteiger partial charge in [-0.1, -0.05) is 6.08 Å². The molecule has 70 valence electrons. The van der Waals surface area contributed by atoms with Crippen LogP contribution in [0.5, 0.6) is 0 Å². The summed E-state index contributed by atoms with van der Waals surface area (Å²) in [6, 6.07) is -0.731. The molecule has 1 rings (SSSR count). The molecule has 4 atom stereocenters. The third-order valence-corrected chi connectivity index (χ3v) is 2.04. The summed E-state index contributed by atoms with van der Waals surface area (Å²) in [6.07, 6.45) is -2.34. The zero-order valence-corrected chi connectivity index (χ0v) is 6.46. The van der Waals surface area contributed by atoms with Crippen molar-refractivity contribution in [2.45, 2.75) is 24.4 Å². The summed E-state index contributed by atoms with van der Waals surface area (Å²) >= 11 is 0. The molecule has 0 fully saturated rings. The van der Waals surface area contributed by atoms with Gasteiger partial charge in [-0.25, -0.2) is 0 Å². The molecular weight excluding hydrogens is 162 g/mol. The van der Waals surface area contributed by atoms with Gasteiger partial charge in [0.1, 0.15) is 18.3 Å². The van der Waals surface area contributed by atoms with Crippen LogP contribution in [0.25, 0.3) is 0 Å². The van der Waals surface area contributed by atoms with Crippen molar-refractivity contribution in [3.05, 3.63) is 11.6 Å². The van der Waals surface area contributed by atoms with Crippen molar-refractivity contribution >= 4 is 0 Å². The van der Waals surface area contributed by atoms with Crippen LogP contribution < -0.4 is 5.73 Å².